The molecule has 0 aliphatic heterocycles. The number of halogens is 3. The first-order chi connectivity index (χ1) is 13.3. The first-order valence-electron chi connectivity index (χ1n) is 7.93. The third-order valence-electron chi connectivity index (χ3n) is 3.49. The van der Waals surface area contributed by atoms with Crippen LogP contribution in [0.3, 0.4) is 0 Å². The molecule has 7 nitrogen and oxygen atoms in total. The zero-order valence-corrected chi connectivity index (χ0v) is 17.7. The molecular formula is C18H16BrCl2N3O4. The van der Waals surface area contributed by atoms with E-state index in [1.165, 1.54) is 31.5 Å². The van der Waals surface area contributed by atoms with Crippen LogP contribution in [0.1, 0.15) is 22.3 Å². The molecule has 2 amide bonds. The van der Waals surface area contributed by atoms with Crippen LogP contribution in [0.15, 0.2) is 39.9 Å². The summed E-state index contributed by atoms with van der Waals surface area (Å²) in [4.78, 5) is 23.8. The lowest BCUT2D eigenvalue weighted by molar-refractivity contribution is -0.120. The van der Waals surface area contributed by atoms with Gasteiger partial charge in [-0.05, 0) is 51.8 Å². The number of phenolic OH excluding ortho intramolecular Hbond substituents is 1. The summed E-state index contributed by atoms with van der Waals surface area (Å²) in [5, 5.41) is 16.8. The molecule has 0 saturated heterocycles. The van der Waals surface area contributed by atoms with Gasteiger partial charge in [0.15, 0.2) is 11.5 Å². The summed E-state index contributed by atoms with van der Waals surface area (Å²) in [7, 11) is 1.43. The average Bonchev–Trinajstić information content (AvgIpc) is 2.66. The van der Waals surface area contributed by atoms with Crippen LogP contribution in [-0.2, 0) is 4.79 Å². The van der Waals surface area contributed by atoms with E-state index in [4.69, 9.17) is 27.9 Å². The summed E-state index contributed by atoms with van der Waals surface area (Å²) >= 11 is 14.9. The van der Waals surface area contributed by atoms with Crippen LogP contribution in [0.25, 0.3) is 0 Å². The third-order valence-corrected chi connectivity index (χ3v) is 4.84. The SMILES string of the molecule is COc1cc(/C=N/NC(=O)CCNC(=O)c2ccc(Cl)c(Cl)c2)cc(Br)c1O. The number of hydrogen-bond acceptors (Lipinski definition) is 5. The van der Waals surface area contributed by atoms with Gasteiger partial charge in [0.05, 0.1) is 27.8 Å². The molecule has 0 aliphatic rings. The molecule has 0 aliphatic carbocycles. The van der Waals surface area contributed by atoms with Gasteiger partial charge >= 0.3 is 0 Å². The van der Waals surface area contributed by atoms with E-state index in [1.807, 2.05) is 0 Å². The zero-order valence-electron chi connectivity index (χ0n) is 14.6. The number of phenols is 1. The number of rotatable bonds is 7. The quantitative estimate of drug-likeness (QED) is 0.408. The Morgan fingerprint density at radius 1 is 1.25 bits per heavy atom. The Labute approximate surface area is 179 Å². The summed E-state index contributed by atoms with van der Waals surface area (Å²) in [6.45, 7) is 0.124. The Kier molecular flexibility index (Phi) is 8.10. The molecule has 2 aromatic rings. The van der Waals surface area contributed by atoms with Gasteiger partial charge in [-0.1, -0.05) is 23.2 Å². The largest absolute Gasteiger partial charge is 0.503 e. The van der Waals surface area contributed by atoms with E-state index in [0.717, 1.165) is 0 Å². The van der Waals surface area contributed by atoms with Gasteiger partial charge in [-0.3, -0.25) is 9.59 Å². The van der Waals surface area contributed by atoms with Crippen LogP contribution in [0.2, 0.25) is 10.0 Å². The highest BCUT2D eigenvalue weighted by Gasteiger charge is 2.09. The molecule has 0 fully saturated rings. The van der Waals surface area contributed by atoms with Crippen LogP contribution < -0.4 is 15.5 Å². The monoisotopic (exact) mass is 487 g/mol. The molecular weight excluding hydrogens is 473 g/mol. The second-order valence-corrected chi connectivity index (χ2v) is 7.15. The summed E-state index contributed by atoms with van der Waals surface area (Å²) in [5.74, 6) is -0.500. The number of amides is 2. The Balaban J connectivity index is 1.81. The van der Waals surface area contributed by atoms with Crippen molar-refractivity contribution >= 4 is 57.2 Å². The van der Waals surface area contributed by atoms with E-state index in [9.17, 15) is 14.7 Å². The van der Waals surface area contributed by atoms with Gasteiger partial charge in [0, 0.05) is 18.5 Å². The number of hydrogen-bond donors (Lipinski definition) is 3. The molecule has 0 radical (unpaired) electrons. The molecule has 0 saturated carbocycles. The van der Waals surface area contributed by atoms with E-state index >= 15 is 0 Å². The Morgan fingerprint density at radius 3 is 2.68 bits per heavy atom. The Bertz CT molecular complexity index is 922. The number of methoxy groups -OCH3 is 1. The van der Waals surface area contributed by atoms with Crippen molar-refractivity contribution in [3.63, 3.8) is 0 Å². The van der Waals surface area contributed by atoms with Gasteiger partial charge in [-0.2, -0.15) is 5.10 Å². The molecule has 0 unspecified atom stereocenters. The van der Waals surface area contributed by atoms with Crippen LogP contribution in [0.4, 0.5) is 0 Å². The number of nitrogens with one attached hydrogen (secondary N) is 2. The molecule has 148 valence electrons. The lowest BCUT2D eigenvalue weighted by Crippen LogP contribution is -2.29. The van der Waals surface area contributed by atoms with Gasteiger partial charge in [0.2, 0.25) is 5.91 Å². The number of carbonyl (C=O) groups excluding carboxylic acids is 2. The number of carbonyl (C=O) groups is 2. The summed E-state index contributed by atoms with van der Waals surface area (Å²) < 4.78 is 5.47. The van der Waals surface area contributed by atoms with Crippen molar-refractivity contribution in [2.45, 2.75) is 6.42 Å². The highest BCUT2D eigenvalue weighted by atomic mass is 79.9. The Morgan fingerprint density at radius 2 is 2.00 bits per heavy atom. The standard InChI is InChI=1S/C18H16BrCl2N3O4/c1-28-15-7-10(6-12(19)17(15)26)9-23-24-16(25)4-5-22-18(27)11-2-3-13(20)14(21)8-11/h2-3,6-9,26H,4-5H2,1H3,(H,22,27)(H,24,25)/b23-9+. The minimum atomic E-state index is -0.379. The predicted molar refractivity (Wildman–Crippen MR) is 112 cm³/mol. The van der Waals surface area contributed by atoms with E-state index in [1.54, 1.807) is 12.1 Å². The normalized spacial score (nSPS) is 10.7. The maximum absolute atomic E-state index is 12.0. The highest BCUT2D eigenvalue weighted by molar-refractivity contribution is 9.10. The maximum Gasteiger partial charge on any atom is 0.251 e. The predicted octanol–water partition coefficient (Wildman–Crippen LogP) is 3.74. The second-order valence-electron chi connectivity index (χ2n) is 5.48. The first-order valence-corrected chi connectivity index (χ1v) is 9.48. The molecule has 0 bridgehead atoms. The molecule has 0 spiro atoms. The molecule has 28 heavy (non-hydrogen) atoms. The molecule has 3 N–H and O–H groups in total. The highest BCUT2D eigenvalue weighted by Crippen LogP contribution is 2.34. The lowest BCUT2D eigenvalue weighted by Gasteiger charge is -2.07. The maximum atomic E-state index is 12.0. The van der Waals surface area contributed by atoms with E-state index < -0.39 is 0 Å². The summed E-state index contributed by atoms with van der Waals surface area (Å²) in [5.41, 5.74) is 3.31. The van der Waals surface area contributed by atoms with Crippen molar-refractivity contribution in [2.75, 3.05) is 13.7 Å². The zero-order chi connectivity index (χ0) is 20.7. The molecule has 0 aromatic heterocycles. The van der Waals surface area contributed by atoms with E-state index in [0.29, 0.717) is 20.6 Å². The second kappa shape index (κ2) is 10.3. The number of ether oxygens (including phenoxy) is 1. The number of benzene rings is 2. The number of aromatic hydroxyl groups is 1. The third kappa shape index (κ3) is 6.12. The molecule has 2 aromatic carbocycles. The first kappa shape index (κ1) is 22.0. The fraction of sp³-hybridized carbons (Fsp3) is 0.167. The molecule has 10 heteroatoms. The van der Waals surface area contributed by atoms with Crippen molar-refractivity contribution in [1.29, 1.82) is 0 Å². The fourth-order valence-corrected chi connectivity index (χ4v) is 2.85. The van der Waals surface area contributed by atoms with Gasteiger partial charge < -0.3 is 15.2 Å². The summed E-state index contributed by atoms with van der Waals surface area (Å²) in [6, 6.07) is 7.70. The minimum Gasteiger partial charge on any atom is -0.503 e. The molecule has 2 rings (SSSR count). The molecule has 0 heterocycles. The van der Waals surface area contributed by atoms with Crippen molar-refractivity contribution in [3.8, 4) is 11.5 Å². The van der Waals surface area contributed by atoms with Gasteiger partial charge in [0.1, 0.15) is 0 Å². The van der Waals surface area contributed by atoms with Crippen LogP contribution >= 0.6 is 39.1 Å². The van der Waals surface area contributed by atoms with Crippen molar-refractivity contribution < 1.29 is 19.4 Å². The van der Waals surface area contributed by atoms with Crippen molar-refractivity contribution in [1.82, 2.24) is 10.7 Å². The number of hydrazone groups is 1. The minimum absolute atomic E-state index is 0.0265. The molecule has 0 atom stereocenters. The van der Waals surface area contributed by atoms with Crippen LogP contribution in [-0.4, -0.2) is 36.8 Å². The smallest absolute Gasteiger partial charge is 0.251 e. The van der Waals surface area contributed by atoms with Crippen molar-refractivity contribution in [3.05, 3.63) is 56.0 Å². The van der Waals surface area contributed by atoms with Crippen LogP contribution in [0.5, 0.6) is 11.5 Å². The van der Waals surface area contributed by atoms with Gasteiger partial charge in [0.25, 0.3) is 5.91 Å². The topological polar surface area (TPSA) is 100 Å². The lowest BCUT2D eigenvalue weighted by atomic mass is 10.2. The van der Waals surface area contributed by atoms with Gasteiger partial charge in [-0.25, -0.2) is 5.43 Å². The average molecular weight is 489 g/mol. The summed E-state index contributed by atoms with van der Waals surface area (Å²) in [6.07, 6.45) is 1.44. The fourth-order valence-electron chi connectivity index (χ4n) is 2.09. The van der Waals surface area contributed by atoms with E-state index in [2.05, 4.69) is 31.8 Å². The van der Waals surface area contributed by atoms with Gasteiger partial charge in [-0.15, -0.1) is 0 Å². The van der Waals surface area contributed by atoms with Crippen molar-refractivity contribution in [2.24, 2.45) is 5.10 Å². The van der Waals surface area contributed by atoms with Crippen LogP contribution in [0, 0.1) is 0 Å². The van der Waals surface area contributed by atoms with E-state index in [-0.39, 0.29) is 41.3 Å². The Hall–Kier alpha value is -2.29. The number of nitrogens with zero attached hydrogens (tertiary/aromatic N) is 1.